The van der Waals surface area contributed by atoms with Crippen molar-refractivity contribution in [1.82, 2.24) is 15.1 Å². The van der Waals surface area contributed by atoms with Crippen LogP contribution in [0.3, 0.4) is 0 Å². The second-order valence-corrected chi connectivity index (χ2v) is 8.86. The van der Waals surface area contributed by atoms with Gasteiger partial charge in [-0.3, -0.25) is 4.90 Å². The van der Waals surface area contributed by atoms with E-state index in [1.54, 1.807) is 23.2 Å². The smallest absolute Gasteiger partial charge is 0.317 e. The zero-order valence-corrected chi connectivity index (χ0v) is 16.7. The number of hydrogen-bond acceptors (Lipinski definition) is 3. The highest BCUT2D eigenvalue weighted by Crippen LogP contribution is 2.23. The molecule has 3 rings (SSSR count). The maximum Gasteiger partial charge on any atom is 0.317 e. The first-order chi connectivity index (χ1) is 12.4. The average molecular weight is 444 g/mol. The lowest BCUT2D eigenvalue weighted by Gasteiger charge is -2.35. The van der Waals surface area contributed by atoms with E-state index < -0.39 is 11.6 Å². The Labute approximate surface area is 163 Å². The minimum absolute atomic E-state index is 0.180. The predicted molar refractivity (Wildman–Crippen MR) is 102 cm³/mol. The van der Waals surface area contributed by atoms with Gasteiger partial charge in [-0.1, -0.05) is 6.07 Å². The van der Waals surface area contributed by atoms with E-state index in [0.717, 1.165) is 35.6 Å². The van der Waals surface area contributed by atoms with Crippen LogP contribution in [0.1, 0.15) is 23.4 Å². The second kappa shape index (κ2) is 8.45. The molecule has 1 unspecified atom stereocenters. The lowest BCUT2D eigenvalue weighted by atomic mass is 10.1. The van der Waals surface area contributed by atoms with Crippen molar-refractivity contribution in [2.45, 2.75) is 19.5 Å². The molecule has 1 aliphatic rings. The first-order valence-corrected chi connectivity index (χ1v) is 10.0. The molecular formula is C18H20BrF2N3OS. The highest BCUT2D eigenvalue weighted by molar-refractivity contribution is 9.11. The predicted octanol–water partition coefficient (Wildman–Crippen LogP) is 4.38. The highest BCUT2D eigenvalue weighted by Gasteiger charge is 2.23. The van der Waals surface area contributed by atoms with E-state index in [-0.39, 0.29) is 12.1 Å². The highest BCUT2D eigenvalue weighted by atomic mass is 79.9. The Balaban J connectivity index is 1.49. The molecule has 1 aliphatic heterocycles. The summed E-state index contributed by atoms with van der Waals surface area (Å²) in [6.45, 7) is 5.54. The SMILES string of the molecule is CC(NC(=O)N1CCN(Cc2ccc(Br)s2)CC1)c1ccc(F)c(F)c1. The third-order valence-corrected chi connectivity index (χ3v) is 6.06. The summed E-state index contributed by atoms with van der Waals surface area (Å²) in [5.74, 6) is -1.79. The first-order valence-electron chi connectivity index (χ1n) is 8.39. The van der Waals surface area contributed by atoms with Crippen molar-refractivity contribution >= 4 is 33.3 Å². The van der Waals surface area contributed by atoms with E-state index in [0.29, 0.717) is 18.7 Å². The summed E-state index contributed by atoms with van der Waals surface area (Å²) in [4.78, 5) is 17.8. The van der Waals surface area contributed by atoms with E-state index in [9.17, 15) is 13.6 Å². The van der Waals surface area contributed by atoms with E-state index in [4.69, 9.17) is 0 Å². The fraction of sp³-hybridized carbons (Fsp3) is 0.389. The van der Waals surface area contributed by atoms with Crippen LogP contribution in [0.5, 0.6) is 0 Å². The molecule has 2 amide bonds. The summed E-state index contributed by atoms with van der Waals surface area (Å²) in [5, 5.41) is 2.86. The van der Waals surface area contributed by atoms with Gasteiger partial charge in [-0.2, -0.15) is 0 Å². The van der Waals surface area contributed by atoms with Crippen molar-refractivity contribution in [3.05, 3.63) is 56.2 Å². The molecule has 8 heteroatoms. The molecule has 0 saturated carbocycles. The standard InChI is InChI=1S/C18H20BrF2N3OS/c1-12(13-2-4-15(20)16(21)10-13)22-18(25)24-8-6-23(7-9-24)11-14-3-5-17(19)26-14/h2-5,10,12H,6-9,11H2,1H3,(H,22,25). The number of carbonyl (C=O) groups is 1. The van der Waals surface area contributed by atoms with Crippen molar-refractivity contribution in [1.29, 1.82) is 0 Å². The van der Waals surface area contributed by atoms with Crippen molar-refractivity contribution in [3.63, 3.8) is 0 Å². The molecule has 2 heterocycles. The number of amides is 2. The fourth-order valence-electron chi connectivity index (χ4n) is 2.91. The van der Waals surface area contributed by atoms with Gasteiger partial charge >= 0.3 is 6.03 Å². The largest absolute Gasteiger partial charge is 0.331 e. The quantitative estimate of drug-likeness (QED) is 0.760. The van der Waals surface area contributed by atoms with Gasteiger partial charge in [0.15, 0.2) is 11.6 Å². The molecule has 0 aliphatic carbocycles. The Morgan fingerprint density at radius 3 is 2.54 bits per heavy atom. The van der Waals surface area contributed by atoms with Gasteiger partial charge in [0.1, 0.15) is 0 Å². The monoisotopic (exact) mass is 443 g/mol. The number of piperazine rings is 1. The molecule has 1 aromatic heterocycles. The van der Waals surface area contributed by atoms with Crippen LogP contribution in [0.4, 0.5) is 13.6 Å². The van der Waals surface area contributed by atoms with Gasteiger partial charge in [0.05, 0.1) is 9.83 Å². The Morgan fingerprint density at radius 2 is 1.92 bits per heavy atom. The zero-order valence-electron chi connectivity index (χ0n) is 14.3. The molecule has 2 aromatic rings. The Morgan fingerprint density at radius 1 is 1.19 bits per heavy atom. The summed E-state index contributed by atoms with van der Waals surface area (Å²) in [6.07, 6.45) is 0. The zero-order chi connectivity index (χ0) is 18.7. The number of hydrogen-bond donors (Lipinski definition) is 1. The number of thiophene rings is 1. The normalized spacial score (nSPS) is 16.5. The summed E-state index contributed by atoms with van der Waals surface area (Å²) < 4.78 is 27.5. The van der Waals surface area contributed by atoms with Crippen LogP contribution in [-0.4, -0.2) is 42.0 Å². The lowest BCUT2D eigenvalue weighted by Crippen LogP contribution is -2.51. The number of halogens is 3. The first kappa shape index (κ1) is 19.3. The summed E-state index contributed by atoms with van der Waals surface area (Å²) >= 11 is 5.19. The van der Waals surface area contributed by atoms with Gasteiger partial charge in [0.2, 0.25) is 0 Å². The number of urea groups is 1. The van der Waals surface area contributed by atoms with Gasteiger partial charge in [0, 0.05) is 37.6 Å². The topological polar surface area (TPSA) is 35.6 Å². The van der Waals surface area contributed by atoms with Crippen LogP contribution in [0, 0.1) is 11.6 Å². The Hall–Kier alpha value is -1.51. The summed E-state index contributed by atoms with van der Waals surface area (Å²) in [7, 11) is 0. The molecule has 1 saturated heterocycles. The van der Waals surface area contributed by atoms with Crippen LogP contribution < -0.4 is 5.32 Å². The summed E-state index contributed by atoms with van der Waals surface area (Å²) in [6, 6.07) is 7.27. The molecule has 0 spiro atoms. The third-order valence-electron chi connectivity index (χ3n) is 4.45. The number of nitrogens with zero attached hydrogens (tertiary/aromatic N) is 2. The number of nitrogens with one attached hydrogen (secondary N) is 1. The van der Waals surface area contributed by atoms with Gasteiger partial charge in [-0.05, 0) is 52.7 Å². The number of benzene rings is 1. The van der Waals surface area contributed by atoms with Crippen molar-refractivity contribution in [3.8, 4) is 0 Å². The molecule has 140 valence electrons. The third kappa shape index (κ3) is 4.81. The molecule has 0 radical (unpaired) electrons. The van der Waals surface area contributed by atoms with Crippen molar-refractivity contribution in [2.75, 3.05) is 26.2 Å². The number of carbonyl (C=O) groups excluding carboxylic acids is 1. The maximum atomic E-state index is 13.3. The molecular weight excluding hydrogens is 424 g/mol. The van der Waals surface area contributed by atoms with Crippen LogP contribution in [0.25, 0.3) is 0 Å². The minimum atomic E-state index is -0.905. The van der Waals surface area contributed by atoms with Gasteiger partial charge < -0.3 is 10.2 Å². The minimum Gasteiger partial charge on any atom is -0.331 e. The summed E-state index contributed by atoms with van der Waals surface area (Å²) in [5.41, 5.74) is 0.541. The van der Waals surface area contributed by atoms with Crippen LogP contribution >= 0.6 is 27.3 Å². The van der Waals surface area contributed by atoms with Gasteiger partial charge in [-0.15, -0.1) is 11.3 Å². The van der Waals surface area contributed by atoms with Gasteiger partial charge in [-0.25, -0.2) is 13.6 Å². The molecule has 1 atom stereocenters. The van der Waals surface area contributed by atoms with E-state index in [1.807, 2.05) is 6.07 Å². The van der Waals surface area contributed by atoms with Crippen LogP contribution in [0.15, 0.2) is 34.1 Å². The molecule has 26 heavy (non-hydrogen) atoms. The average Bonchev–Trinajstić information content (AvgIpc) is 3.02. The van der Waals surface area contributed by atoms with E-state index in [1.165, 1.54) is 10.9 Å². The van der Waals surface area contributed by atoms with Crippen LogP contribution in [-0.2, 0) is 6.54 Å². The molecule has 1 fully saturated rings. The fourth-order valence-corrected chi connectivity index (χ4v) is 4.43. The van der Waals surface area contributed by atoms with E-state index >= 15 is 0 Å². The van der Waals surface area contributed by atoms with Gasteiger partial charge in [0.25, 0.3) is 0 Å². The van der Waals surface area contributed by atoms with Crippen molar-refractivity contribution < 1.29 is 13.6 Å². The molecule has 4 nitrogen and oxygen atoms in total. The van der Waals surface area contributed by atoms with Crippen LogP contribution in [0.2, 0.25) is 0 Å². The Bertz CT molecular complexity index is 778. The Kier molecular flexibility index (Phi) is 6.26. The maximum absolute atomic E-state index is 13.3. The van der Waals surface area contributed by atoms with Crippen molar-refractivity contribution in [2.24, 2.45) is 0 Å². The lowest BCUT2D eigenvalue weighted by molar-refractivity contribution is 0.134. The molecule has 1 aromatic carbocycles. The van der Waals surface area contributed by atoms with E-state index in [2.05, 4.69) is 32.2 Å². The molecule has 0 bridgehead atoms. The molecule has 1 N–H and O–H groups in total. The second-order valence-electron chi connectivity index (χ2n) is 6.31. The number of rotatable bonds is 4.